The first-order chi connectivity index (χ1) is 21.4. The van der Waals surface area contributed by atoms with Gasteiger partial charge in [0.05, 0.1) is 24.1 Å². The zero-order chi connectivity index (χ0) is 30.6. The predicted octanol–water partition coefficient (Wildman–Crippen LogP) is 8.68. The minimum Gasteiger partial charge on any atom is -0.496 e. The fraction of sp³-hybridized carbons (Fsp3) is 0.541. The molecule has 0 saturated heterocycles. The minimum absolute atomic E-state index is 0.00367. The number of nitrogens with zero attached hydrogens (tertiary/aromatic N) is 2. The summed E-state index contributed by atoms with van der Waals surface area (Å²) in [6.45, 7) is 2.88. The number of hydrogen-bond acceptors (Lipinski definition) is 6. The fourth-order valence-corrected chi connectivity index (χ4v) is 8.42. The monoisotopic (exact) mass is 614 g/mol. The quantitative estimate of drug-likeness (QED) is 0.214. The third kappa shape index (κ3) is 7.20. The van der Waals surface area contributed by atoms with Crippen molar-refractivity contribution in [3.63, 3.8) is 0 Å². The number of thiazole rings is 1. The molecule has 0 aliphatic heterocycles. The first kappa shape index (κ1) is 30.8. The molecule has 0 atom stereocenters. The van der Waals surface area contributed by atoms with Crippen LogP contribution in [-0.4, -0.2) is 37.6 Å². The van der Waals surface area contributed by atoms with E-state index < -0.39 is 0 Å². The molecular weight excluding hydrogens is 568 g/mol. The van der Waals surface area contributed by atoms with Gasteiger partial charge in [-0.1, -0.05) is 24.3 Å². The smallest absolute Gasteiger partial charge is 0.305 e. The lowest BCUT2D eigenvalue weighted by molar-refractivity contribution is -0.142. The van der Waals surface area contributed by atoms with Crippen molar-refractivity contribution >= 4 is 28.9 Å². The largest absolute Gasteiger partial charge is 0.496 e. The number of amides is 1. The van der Waals surface area contributed by atoms with E-state index in [4.69, 9.17) is 14.5 Å². The molecule has 3 aliphatic rings. The number of anilines is 1. The van der Waals surface area contributed by atoms with Crippen LogP contribution in [0.2, 0.25) is 0 Å². The molecule has 44 heavy (non-hydrogen) atoms. The van der Waals surface area contributed by atoms with Crippen molar-refractivity contribution in [3.8, 4) is 16.2 Å². The molecule has 1 aromatic heterocycles. The summed E-state index contributed by atoms with van der Waals surface area (Å²) in [6, 6.07) is 15.2. The van der Waals surface area contributed by atoms with E-state index in [1.807, 2.05) is 6.20 Å². The number of methoxy groups -OCH3 is 2. The Bertz CT molecular complexity index is 1450. The van der Waals surface area contributed by atoms with Crippen molar-refractivity contribution < 1.29 is 19.1 Å². The molecule has 3 fully saturated rings. The summed E-state index contributed by atoms with van der Waals surface area (Å²) in [6.07, 6.45) is 12.9. The standard InChI is InChI=1S/C37H46N2O4S/c1-24-19-30(17-18-33(24)42-2)27-11-9-26(10-12-27)23-39(37(41)29-13-7-25(8-14-29)20-35(40)43-3)32-6-4-5-31(21-32)34-22-38-36(44-34)28-15-16-28/h4-6,17-19,21-22,25-29H,7-16,20,23H2,1-3H3/t25-,26-,27-,29-. The summed E-state index contributed by atoms with van der Waals surface area (Å²) in [7, 11) is 3.18. The first-order valence-electron chi connectivity index (χ1n) is 16.5. The topological polar surface area (TPSA) is 68.7 Å². The summed E-state index contributed by atoms with van der Waals surface area (Å²) in [4.78, 5) is 34.2. The molecule has 0 N–H and O–H groups in total. The molecular formula is C37H46N2O4S. The van der Waals surface area contributed by atoms with Crippen LogP contribution in [0.4, 0.5) is 5.69 Å². The Labute approximate surface area is 266 Å². The van der Waals surface area contributed by atoms with Crippen LogP contribution in [0.15, 0.2) is 48.7 Å². The Morgan fingerprint density at radius 3 is 2.30 bits per heavy atom. The molecule has 7 heteroatoms. The van der Waals surface area contributed by atoms with Gasteiger partial charge < -0.3 is 14.4 Å². The van der Waals surface area contributed by atoms with Crippen molar-refractivity contribution in [2.75, 3.05) is 25.7 Å². The second kappa shape index (κ2) is 13.8. The van der Waals surface area contributed by atoms with Crippen molar-refractivity contribution in [2.45, 2.75) is 89.4 Å². The van der Waals surface area contributed by atoms with Gasteiger partial charge in [-0.2, -0.15) is 0 Å². The maximum atomic E-state index is 14.3. The van der Waals surface area contributed by atoms with Gasteiger partial charge in [0.2, 0.25) is 5.91 Å². The minimum atomic E-state index is -0.147. The van der Waals surface area contributed by atoms with Gasteiger partial charge in [0.25, 0.3) is 0 Å². The van der Waals surface area contributed by atoms with E-state index in [-0.39, 0.29) is 17.8 Å². The number of esters is 1. The average Bonchev–Trinajstić information content (AvgIpc) is 3.79. The summed E-state index contributed by atoms with van der Waals surface area (Å²) < 4.78 is 10.4. The number of carbonyl (C=O) groups is 2. The van der Waals surface area contributed by atoms with Gasteiger partial charge in [0.15, 0.2) is 0 Å². The van der Waals surface area contributed by atoms with Crippen LogP contribution in [-0.2, 0) is 14.3 Å². The maximum absolute atomic E-state index is 14.3. The number of carbonyl (C=O) groups excluding carboxylic acids is 2. The van der Waals surface area contributed by atoms with Gasteiger partial charge in [0, 0.05) is 36.7 Å². The molecule has 1 heterocycles. The zero-order valence-corrected chi connectivity index (χ0v) is 27.2. The molecule has 3 saturated carbocycles. The highest BCUT2D eigenvalue weighted by Crippen LogP contribution is 2.44. The Morgan fingerprint density at radius 2 is 1.61 bits per heavy atom. The van der Waals surface area contributed by atoms with E-state index in [2.05, 4.69) is 54.3 Å². The summed E-state index contributed by atoms with van der Waals surface area (Å²) in [5.41, 5.74) is 4.74. The SMILES string of the molecule is COC(=O)C[C@H]1CC[C@H](C(=O)N(C[C@H]2CC[C@H](c3ccc(OC)c(C)c3)CC2)c2cccc(-c3cnc(C4CC4)s3)c2)CC1. The molecule has 0 bridgehead atoms. The van der Waals surface area contributed by atoms with Crippen LogP contribution in [0.1, 0.15) is 98.6 Å². The molecule has 2 aromatic carbocycles. The molecule has 234 valence electrons. The molecule has 3 aromatic rings. The van der Waals surface area contributed by atoms with Gasteiger partial charge in [-0.3, -0.25) is 9.59 Å². The highest BCUT2D eigenvalue weighted by Gasteiger charge is 2.34. The molecule has 6 nitrogen and oxygen atoms in total. The van der Waals surface area contributed by atoms with Crippen LogP contribution in [0.3, 0.4) is 0 Å². The van der Waals surface area contributed by atoms with Crippen molar-refractivity contribution in [2.24, 2.45) is 17.8 Å². The molecule has 0 radical (unpaired) electrons. The highest BCUT2D eigenvalue weighted by molar-refractivity contribution is 7.15. The molecule has 0 spiro atoms. The summed E-state index contributed by atoms with van der Waals surface area (Å²) >= 11 is 1.80. The van der Waals surface area contributed by atoms with E-state index >= 15 is 0 Å². The second-order valence-corrected chi connectivity index (χ2v) is 14.3. The number of rotatable bonds is 10. The fourth-order valence-electron chi connectivity index (χ4n) is 7.33. The van der Waals surface area contributed by atoms with E-state index in [0.29, 0.717) is 30.1 Å². The maximum Gasteiger partial charge on any atom is 0.305 e. The van der Waals surface area contributed by atoms with Gasteiger partial charge in [-0.25, -0.2) is 4.98 Å². The number of hydrogen-bond donors (Lipinski definition) is 0. The lowest BCUT2D eigenvalue weighted by Crippen LogP contribution is -2.41. The average molecular weight is 615 g/mol. The van der Waals surface area contributed by atoms with E-state index in [0.717, 1.165) is 74.9 Å². The van der Waals surface area contributed by atoms with Crippen LogP contribution < -0.4 is 9.64 Å². The Kier molecular flexibility index (Phi) is 9.70. The molecule has 0 unspecified atom stereocenters. The third-order valence-electron chi connectivity index (χ3n) is 10.2. The number of benzene rings is 2. The van der Waals surface area contributed by atoms with Crippen LogP contribution in [0.25, 0.3) is 10.4 Å². The molecule has 1 amide bonds. The van der Waals surface area contributed by atoms with Gasteiger partial charge in [-0.05, 0) is 124 Å². The summed E-state index contributed by atoms with van der Waals surface area (Å²) in [5, 5.41) is 1.24. The lowest BCUT2D eigenvalue weighted by atomic mass is 9.77. The van der Waals surface area contributed by atoms with Crippen LogP contribution in [0, 0.1) is 24.7 Å². The normalized spacial score (nSPS) is 23.6. The van der Waals surface area contributed by atoms with Crippen LogP contribution >= 0.6 is 11.3 Å². The summed E-state index contributed by atoms with van der Waals surface area (Å²) in [5.74, 6) is 3.02. The van der Waals surface area contributed by atoms with Gasteiger partial charge >= 0.3 is 5.97 Å². The van der Waals surface area contributed by atoms with Crippen molar-refractivity contribution in [1.82, 2.24) is 4.98 Å². The number of aryl methyl sites for hydroxylation is 1. The third-order valence-corrected chi connectivity index (χ3v) is 11.4. The Balaban J connectivity index is 1.17. The van der Waals surface area contributed by atoms with Gasteiger partial charge in [0.1, 0.15) is 5.75 Å². The Hall–Kier alpha value is -3.19. The van der Waals surface area contributed by atoms with E-state index in [9.17, 15) is 9.59 Å². The molecule has 3 aliphatic carbocycles. The highest BCUT2D eigenvalue weighted by atomic mass is 32.1. The predicted molar refractivity (Wildman–Crippen MR) is 176 cm³/mol. The van der Waals surface area contributed by atoms with E-state index in [1.165, 1.54) is 41.0 Å². The second-order valence-electron chi connectivity index (χ2n) is 13.3. The van der Waals surface area contributed by atoms with Gasteiger partial charge in [-0.15, -0.1) is 11.3 Å². The van der Waals surface area contributed by atoms with Crippen LogP contribution in [0.5, 0.6) is 5.75 Å². The van der Waals surface area contributed by atoms with Crippen molar-refractivity contribution in [1.29, 1.82) is 0 Å². The zero-order valence-electron chi connectivity index (χ0n) is 26.4. The number of ether oxygens (including phenoxy) is 2. The van der Waals surface area contributed by atoms with Crippen molar-refractivity contribution in [3.05, 3.63) is 64.8 Å². The first-order valence-corrected chi connectivity index (χ1v) is 17.3. The molecule has 6 rings (SSSR count). The Morgan fingerprint density at radius 1 is 0.886 bits per heavy atom. The lowest BCUT2D eigenvalue weighted by Gasteiger charge is -2.36. The number of aromatic nitrogens is 1. The van der Waals surface area contributed by atoms with E-state index in [1.54, 1.807) is 18.4 Å².